The topological polar surface area (TPSA) is 228 Å². The van der Waals surface area contributed by atoms with Crippen molar-refractivity contribution >= 4 is 5.91 Å². The molecule has 0 spiro atoms. The molecule has 2 aliphatic heterocycles. The number of amides is 1. The van der Waals surface area contributed by atoms with Crippen LogP contribution in [-0.4, -0.2) is 140 Å². The van der Waals surface area contributed by atoms with Crippen LogP contribution in [0.5, 0.6) is 0 Å². The van der Waals surface area contributed by atoms with E-state index in [1.807, 2.05) is 0 Å². The molecule has 2 aliphatic rings. The molecular formula is C63H109NO13. The molecule has 0 aliphatic carbocycles. The third-order valence-electron chi connectivity index (χ3n) is 14.4. The quantitative estimate of drug-likeness (QED) is 0.0204. The van der Waals surface area contributed by atoms with E-state index in [1.165, 1.54) is 89.9 Å². The van der Waals surface area contributed by atoms with Gasteiger partial charge in [0.1, 0.15) is 48.8 Å². The minimum atomic E-state index is -1.78. The monoisotopic (exact) mass is 1090 g/mol. The molecule has 2 heterocycles. The summed E-state index contributed by atoms with van der Waals surface area (Å²) in [6, 6.07) is -0.826. The zero-order valence-electron chi connectivity index (χ0n) is 47.7. The van der Waals surface area contributed by atoms with Crippen molar-refractivity contribution in [2.45, 2.75) is 286 Å². The number of rotatable bonds is 47. The Balaban J connectivity index is 1.48. The molecule has 9 N–H and O–H groups in total. The highest BCUT2D eigenvalue weighted by Gasteiger charge is 2.51. The van der Waals surface area contributed by atoms with Crippen LogP contribution in [-0.2, 0) is 23.7 Å². The zero-order valence-corrected chi connectivity index (χ0v) is 47.7. The van der Waals surface area contributed by atoms with Crippen LogP contribution in [0.2, 0.25) is 0 Å². The van der Waals surface area contributed by atoms with E-state index >= 15 is 0 Å². The normalized spacial score (nSPS) is 25.3. The Morgan fingerprint density at radius 2 is 0.896 bits per heavy atom. The third kappa shape index (κ3) is 33.5. The van der Waals surface area contributed by atoms with Crippen LogP contribution < -0.4 is 5.32 Å². The fourth-order valence-electron chi connectivity index (χ4n) is 9.51. The molecule has 77 heavy (non-hydrogen) atoms. The van der Waals surface area contributed by atoms with Gasteiger partial charge >= 0.3 is 0 Å². The molecule has 12 atom stereocenters. The number of unbranched alkanes of at least 4 members (excludes halogenated alkanes) is 20. The van der Waals surface area contributed by atoms with Gasteiger partial charge in [0.2, 0.25) is 5.91 Å². The average molecular weight is 1090 g/mol. The maximum atomic E-state index is 13.1. The summed E-state index contributed by atoms with van der Waals surface area (Å²) in [7, 11) is 0. The SMILES string of the molecule is CC/C=C\C/C=C\C/C=C\C/C=C\C/C=C\C/C=C\C/C=C\CCCCCCCCCCCCCCCCCCCC(=O)NC(COC1OC(CO)C(OC2OC(CO)C(O)C(O)C2O)C(O)C1O)C(O)CCCCCC. The summed E-state index contributed by atoms with van der Waals surface area (Å²) in [5.74, 6) is -0.218. The summed E-state index contributed by atoms with van der Waals surface area (Å²) < 4.78 is 22.6. The summed E-state index contributed by atoms with van der Waals surface area (Å²) in [5.41, 5.74) is 0. The van der Waals surface area contributed by atoms with Crippen molar-refractivity contribution < 1.29 is 64.6 Å². The van der Waals surface area contributed by atoms with Crippen LogP contribution in [0.25, 0.3) is 0 Å². The summed E-state index contributed by atoms with van der Waals surface area (Å²) in [5, 5.41) is 86.4. The molecule has 0 saturated carbocycles. The van der Waals surface area contributed by atoms with E-state index in [9.17, 15) is 45.6 Å². The van der Waals surface area contributed by atoms with Crippen LogP contribution >= 0.6 is 0 Å². The van der Waals surface area contributed by atoms with Gasteiger partial charge in [0.25, 0.3) is 0 Å². The van der Waals surface area contributed by atoms with E-state index < -0.39 is 86.8 Å². The highest BCUT2D eigenvalue weighted by atomic mass is 16.7. The Morgan fingerprint density at radius 3 is 1.36 bits per heavy atom. The number of carbonyl (C=O) groups is 1. The van der Waals surface area contributed by atoms with E-state index in [4.69, 9.17) is 18.9 Å². The van der Waals surface area contributed by atoms with Gasteiger partial charge in [-0.25, -0.2) is 0 Å². The van der Waals surface area contributed by atoms with Gasteiger partial charge in [-0.1, -0.05) is 221 Å². The van der Waals surface area contributed by atoms with Crippen LogP contribution in [0.15, 0.2) is 85.1 Å². The number of nitrogens with one attached hydrogen (secondary N) is 1. The van der Waals surface area contributed by atoms with Crippen LogP contribution in [0.4, 0.5) is 0 Å². The van der Waals surface area contributed by atoms with Gasteiger partial charge in [-0.15, -0.1) is 0 Å². The van der Waals surface area contributed by atoms with Gasteiger partial charge in [-0.05, 0) is 70.6 Å². The summed E-state index contributed by atoms with van der Waals surface area (Å²) in [6.07, 6.45) is 48.5. The Labute approximate surface area is 465 Å². The Bertz CT molecular complexity index is 1610. The van der Waals surface area contributed by atoms with E-state index in [-0.39, 0.29) is 12.5 Å². The van der Waals surface area contributed by atoms with Crippen LogP contribution in [0.1, 0.15) is 213 Å². The standard InChI is InChI=1S/C63H109NO13/c1-3-5-7-9-10-11-12-13-14-15-16-17-18-19-20-21-22-23-24-25-26-27-28-29-30-31-32-33-34-35-36-37-38-39-40-41-42-43-45-47-55(68)64-51(52(67)46-44-8-6-4-2)50-74-62-60(73)58(71)61(54(49-66)76-62)77-63-59(72)57(70)56(69)53(48-65)75-63/h5,7,10-11,13-14,16-17,19-20,22-23,25-26,51-54,56-63,65-67,69-73H,3-4,6,8-9,12,15,18,21,24,27-50H2,1-2H3,(H,64,68)/b7-5-,11-10-,14-13-,17-16-,20-19-,23-22-,26-25-. The third-order valence-corrected chi connectivity index (χ3v) is 14.4. The minimum Gasteiger partial charge on any atom is -0.394 e. The second kappa shape index (κ2) is 47.9. The van der Waals surface area contributed by atoms with Gasteiger partial charge in [0, 0.05) is 6.42 Å². The van der Waals surface area contributed by atoms with Crippen molar-refractivity contribution in [2.75, 3.05) is 19.8 Å². The van der Waals surface area contributed by atoms with Crippen molar-refractivity contribution in [3.63, 3.8) is 0 Å². The van der Waals surface area contributed by atoms with E-state index in [2.05, 4.69) is 104 Å². The van der Waals surface area contributed by atoms with Crippen LogP contribution in [0, 0.1) is 0 Å². The molecule has 0 bridgehead atoms. The number of carbonyl (C=O) groups excluding carboxylic acids is 1. The highest BCUT2D eigenvalue weighted by Crippen LogP contribution is 2.30. The molecule has 12 unspecified atom stereocenters. The minimum absolute atomic E-state index is 0.218. The van der Waals surface area contributed by atoms with Crippen molar-refractivity contribution in [1.29, 1.82) is 0 Å². The van der Waals surface area contributed by atoms with Crippen molar-refractivity contribution in [1.82, 2.24) is 5.32 Å². The number of aliphatic hydroxyl groups is 8. The van der Waals surface area contributed by atoms with Crippen molar-refractivity contribution in [3.05, 3.63) is 85.1 Å². The maximum absolute atomic E-state index is 13.1. The zero-order chi connectivity index (χ0) is 56.0. The van der Waals surface area contributed by atoms with Gasteiger partial charge in [0.15, 0.2) is 12.6 Å². The van der Waals surface area contributed by atoms with Gasteiger partial charge in [-0.3, -0.25) is 4.79 Å². The van der Waals surface area contributed by atoms with Gasteiger partial charge < -0.3 is 65.1 Å². The first-order valence-corrected chi connectivity index (χ1v) is 30.3. The summed E-state index contributed by atoms with van der Waals surface area (Å²) in [4.78, 5) is 13.1. The Hall–Kier alpha value is -2.83. The summed E-state index contributed by atoms with van der Waals surface area (Å²) >= 11 is 0. The molecule has 0 aromatic carbocycles. The summed E-state index contributed by atoms with van der Waals surface area (Å²) in [6.45, 7) is 2.60. The fourth-order valence-corrected chi connectivity index (χ4v) is 9.51. The molecule has 2 rings (SSSR count). The molecule has 14 nitrogen and oxygen atoms in total. The Morgan fingerprint density at radius 1 is 0.481 bits per heavy atom. The first kappa shape index (κ1) is 70.3. The molecule has 2 saturated heterocycles. The van der Waals surface area contributed by atoms with Crippen molar-refractivity contribution in [2.24, 2.45) is 0 Å². The number of hydrogen-bond donors (Lipinski definition) is 9. The van der Waals surface area contributed by atoms with E-state index in [0.717, 1.165) is 96.3 Å². The molecular weight excluding hydrogens is 979 g/mol. The molecule has 0 aromatic rings. The Kier molecular flexibility index (Phi) is 43.7. The predicted octanol–water partition coefficient (Wildman–Crippen LogP) is 10.5. The molecule has 0 aromatic heterocycles. The first-order chi connectivity index (χ1) is 37.6. The fraction of sp³-hybridized carbons (Fsp3) is 0.762. The van der Waals surface area contributed by atoms with E-state index in [0.29, 0.717) is 12.8 Å². The lowest BCUT2D eigenvalue weighted by molar-refractivity contribution is -0.359. The van der Waals surface area contributed by atoms with Gasteiger partial charge in [-0.2, -0.15) is 0 Å². The lowest BCUT2D eigenvalue weighted by atomic mass is 9.97. The van der Waals surface area contributed by atoms with Crippen LogP contribution in [0.3, 0.4) is 0 Å². The molecule has 0 radical (unpaired) electrons. The molecule has 444 valence electrons. The first-order valence-electron chi connectivity index (χ1n) is 30.3. The van der Waals surface area contributed by atoms with Gasteiger partial charge in [0.05, 0.1) is 32.0 Å². The lowest BCUT2D eigenvalue weighted by Crippen LogP contribution is -2.65. The number of aliphatic hydroxyl groups excluding tert-OH is 8. The second-order valence-corrected chi connectivity index (χ2v) is 21.1. The molecule has 1 amide bonds. The highest BCUT2D eigenvalue weighted by molar-refractivity contribution is 5.76. The number of hydrogen-bond acceptors (Lipinski definition) is 13. The maximum Gasteiger partial charge on any atom is 0.220 e. The second-order valence-electron chi connectivity index (χ2n) is 21.1. The molecule has 14 heteroatoms. The van der Waals surface area contributed by atoms with E-state index in [1.54, 1.807) is 0 Å². The lowest BCUT2D eigenvalue weighted by Gasteiger charge is -2.46. The number of ether oxygens (including phenoxy) is 4. The predicted molar refractivity (Wildman–Crippen MR) is 309 cm³/mol. The largest absolute Gasteiger partial charge is 0.394 e. The molecule has 2 fully saturated rings. The number of allylic oxidation sites excluding steroid dienone is 14. The smallest absolute Gasteiger partial charge is 0.220 e. The average Bonchev–Trinajstić information content (AvgIpc) is 3.43. The van der Waals surface area contributed by atoms with Crippen molar-refractivity contribution in [3.8, 4) is 0 Å².